The van der Waals surface area contributed by atoms with Crippen LogP contribution in [0.3, 0.4) is 0 Å². The van der Waals surface area contributed by atoms with E-state index >= 15 is 0 Å². The number of nitrogens with zero attached hydrogens (tertiary/aromatic N) is 1. The molecule has 20 heavy (non-hydrogen) atoms. The van der Waals surface area contributed by atoms with Gasteiger partial charge in [0.05, 0.1) is 5.92 Å². The van der Waals surface area contributed by atoms with Crippen molar-refractivity contribution in [2.75, 3.05) is 31.1 Å². The Morgan fingerprint density at radius 2 is 1.80 bits per heavy atom. The van der Waals surface area contributed by atoms with Gasteiger partial charge in [0, 0.05) is 19.6 Å². The van der Waals surface area contributed by atoms with Gasteiger partial charge in [0.25, 0.3) is 10.2 Å². The van der Waals surface area contributed by atoms with E-state index in [1.165, 1.54) is 4.31 Å². The lowest BCUT2D eigenvalue weighted by Gasteiger charge is -2.30. The van der Waals surface area contributed by atoms with Gasteiger partial charge >= 0.3 is 5.97 Å². The van der Waals surface area contributed by atoms with Crippen molar-refractivity contribution in [1.82, 2.24) is 9.03 Å². The summed E-state index contributed by atoms with van der Waals surface area (Å²) in [5.74, 6) is 1.42. The highest BCUT2D eigenvalue weighted by molar-refractivity contribution is 7.99. The minimum absolute atomic E-state index is 0.298. The Morgan fingerprint density at radius 1 is 1.20 bits per heavy atom. The molecule has 8 heteroatoms. The summed E-state index contributed by atoms with van der Waals surface area (Å²) in [4.78, 5) is 10.9. The summed E-state index contributed by atoms with van der Waals surface area (Å²) in [5.41, 5.74) is 0. The highest BCUT2D eigenvalue weighted by Crippen LogP contribution is 2.23. The number of hydrogen-bond acceptors (Lipinski definition) is 4. The summed E-state index contributed by atoms with van der Waals surface area (Å²) in [6, 6.07) is 0. The maximum absolute atomic E-state index is 12.2. The second-order valence-corrected chi connectivity index (χ2v) is 8.40. The average Bonchev–Trinajstić information content (AvgIpc) is 2.46. The number of carboxylic acids is 1. The summed E-state index contributed by atoms with van der Waals surface area (Å²) < 4.78 is 28.4. The normalized spacial score (nSPS) is 23.8. The van der Waals surface area contributed by atoms with Crippen molar-refractivity contribution in [1.29, 1.82) is 0 Å². The molecule has 0 aromatic rings. The molecular formula is C12H22N2O4S2. The molecule has 2 N–H and O–H groups in total. The number of hydrogen-bond donors (Lipinski definition) is 2. The summed E-state index contributed by atoms with van der Waals surface area (Å²) in [6.07, 6.45) is 2.93. The first kappa shape index (κ1) is 16.1. The Balaban J connectivity index is 1.80. The monoisotopic (exact) mass is 322 g/mol. The van der Waals surface area contributed by atoms with Gasteiger partial charge in [-0.1, -0.05) is 0 Å². The fraction of sp³-hybridized carbons (Fsp3) is 0.917. The third-order valence-electron chi connectivity index (χ3n) is 4.04. The van der Waals surface area contributed by atoms with Crippen LogP contribution in [0.1, 0.15) is 25.7 Å². The van der Waals surface area contributed by atoms with Gasteiger partial charge in [0.2, 0.25) is 0 Å². The third kappa shape index (κ3) is 4.34. The largest absolute Gasteiger partial charge is 0.481 e. The first-order valence-corrected chi connectivity index (χ1v) is 9.64. The standard InChI is InChI=1S/C12H22N2O4S2/c15-12(16)11-1-5-14(6-2-11)20(17,18)13-9-10-3-7-19-8-4-10/h10-11,13H,1-9H2,(H,15,16). The van der Waals surface area contributed by atoms with Crippen molar-refractivity contribution in [3.63, 3.8) is 0 Å². The van der Waals surface area contributed by atoms with E-state index in [1.54, 1.807) is 0 Å². The summed E-state index contributed by atoms with van der Waals surface area (Å²) in [7, 11) is -3.45. The molecule has 2 saturated heterocycles. The molecule has 2 rings (SSSR count). The molecule has 6 nitrogen and oxygen atoms in total. The van der Waals surface area contributed by atoms with Crippen molar-refractivity contribution < 1.29 is 18.3 Å². The first-order chi connectivity index (χ1) is 9.49. The molecule has 0 aromatic heterocycles. The zero-order valence-corrected chi connectivity index (χ0v) is 13.1. The maximum Gasteiger partial charge on any atom is 0.306 e. The lowest BCUT2D eigenvalue weighted by atomic mass is 9.99. The molecule has 2 aliphatic rings. The summed E-state index contributed by atoms with van der Waals surface area (Å²) in [6.45, 7) is 1.10. The van der Waals surface area contributed by atoms with Gasteiger partial charge in [-0.05, 0) is 43.1 Å². The van der Waals surface area contributed by atoms with Crippen LogP contribution in [-0.4, -0.2) is 54.9 Å². The SMILES string of the molecule is O=C(O)C1CCN(S(=O)(=O)NCC2CCSCC2)CC1. The zero-order chi connectivity index (χ0) is 14.6. The van der Waals surface area contributed by atoms with Gasteiger partial charge < -0.3 is 5.11 Å². The lowest BCUT2D eigenvalue weighted by Crippen LogP contribution is -2.47. The highest BCUT2D eigenvalue weighted by Gasteiger charge is 2.31. The van der Waals surface area contributed by atoms with Crippen LogP contribution < -0.4 is 4.72 Å². The smallest absolute Gasteiger partial charge is 0.306 e. The van der Waals surface area contributed by atoms with Crippen LogP contribution in [0.15, 0.2) is 0 Å². The van der Waals surface area contributed by atoms with E-state index in [0.29, 0.717) is 38.4 Å². The van der Waals surface area contributed by atoms with Crippen molar-refractivity contribution >= 4 is 27.9 Å². The van der Waals surface area contributed by atoms with Crippen LogP contribution >= 0.6 is 11.8 Å². The summed E-state index contributed by atoms with van der Waals surface area (Å²) >= 11 is 1.92. The van der Waals surface area contributed by atoms with Crippen molar-refractivity contribution in [3.8, 4) is 0 Å². The van der Waals surface area contributed by atoms with E-state index in [-0.39, 0.29) is 0 Å². The average molecular weight is 322 g/mol. The molecular weight excluding hydrogens is 300 g/mol. The molecule has 2 fully saturated rings. The zero-order valence-electron chi connectivity index (χ0n) is 11.5. The van der Waals surface area contributed by atoms with Gasteiger partial charge in [0.15, 0.2) is 0 Å². The predicted octanol–water partition coefficient (Wildman–Crippen LogP) is 0.761. The molecule has 2 aliphatic heterocycles. The van der Waals surface area contributed by atoms with E-state index in [1.807, 2.05) is 11.8 Å². The van der Waals surface area contributed by atoms with E-state index in [9.17, 15) is 13.2 Å². The molecule has 0 amide bonds. The van der Waals surface area contributed by atoms with Crippen LogP contribution in [-0.2, 0) is 15.0 Å². The molecule has 0 saturated carbocycles. The van der Waals surface area contributed by atoms with Gasteiger partial charge in [-0.3, -0.25) is 4.79 Å². The number of nitrogens with one attached hydrogen (secondary N) is 1. The van der Waals surface area contributed by atoms with Crippen molar-refractivity contribution in [2.45, 2.75) is 25.7 Å². The second-order valence-electron chi connectivity index (χ2n) is 5.42. The molecule has 0 atom stereocenters. The Bertz CT molecular complexity index is 427. The predicted molar refractivity (Wildman–Crippen MR) is 78.9 cm³/mol. The molecule has 0 aliphatic carbocycles. The highest BCUT2D eigenvalue weighted by atomic mass is 32.2. The fourth-order valence-corrected chi connectivity index (χ4v) is 5.13. The van der Waals surface area contributed by atoms with Crippen molar-refractivity contribution in [3.05, 3.63) is 0 Å². The van der Waals surface area contributed by atoms with Gasteiger partial charge in [-0.2, -0.15) is 24.5 Å². The van der Waals surface area contributed by atoms with E-state index in [0.717, 1.165) is 24.3 Å². The van der Waals surface area contributed by atoms with Gasteiger partial charge in [-0.25, -0.2) is 4.72 Å². The van der Waals surface area contributed by atoms with Crippen LogP contribution in [0.25, 0.3) is 0 Å². The number of rotatable bonds is 5. The number of thioether (sulfide) groups is 1. The fourth-order valence-electron chi connectivity index (χ4n) is 2.61. The van der Waals surface area contributed by atoms with Crippen LogP contribution in [0.2, 0.25) is 0 Å². The molecule has 0 aromatic carbocycles. The quantitative estimate of drug-likeness (QED) is 0.780. The third-order valence-corrected chi connectivity index (χ3v) is 6.66. The number of piperidine rings is 1. The topological polar surface area (TPSA) is 86.7 Å². The van der Waals surface area contributed by atoms with E-state index in [2.05, 4.69) is 4.72 Å². The van der Waals surface area contributed by atoms with Gasteiger partial charge in [-0.15, -0.1) is 0 Å². The second kappa shape index (κ2) is 7.11. The maximum atomic E-state index is 12.2. The molecule has 0 unspecified atom stereocenters. The van der Waals surface area contributed by atoms with Gasteiger partial charge in [0.1, 0.15) is 0 Å². The molecule has 0 bridgehead atoms. The Labute approximate surface area is 124 Å². The minimum atomic E-state index is -3.45. The van der Waals surface area contributed by atoms with Crippen LogP contribution in [0.5, 0.6) is 0 Å². The number of carbonyl (C=O) groups is 1. The summed E-state index contributed by atoms with van der Waals surface area (Å²) in [5, 5.41) is 8.92. The molecule has 2 heterocycles. The Hall–Kier alpha value is -0.310. The lowest BCUT2D eigenvalue weighted by molar-refractivity contribution is -0.142. The minimum Gasteiger partial charge on any atom is -0.481 e. The number of carboxylic acid groups (broad SMARTS) is 1. The number of aliphatic carboxylic acids is 1. The van der Waals surface area contributed by atoms with E-state index in [4.69, 9.17) is 5.11 Å². The van der Waals surface area contributed by atoms with Crippen LogP contribution in [0.4, 0.5) is 0 Å². The van der Waals surface area contributed by atoms with Crippen LogP contribution in [0, 0.1) is 11.8 Å². The molecule has 0 spiro atoms. The van der Waals surface area contributed by atoms with Crippen molar-refractivity contribution in [2.24, 2.45) is 11.8 Å². The molecule has 0 radical (unpaired) electrons. The Morgan fingerprint density at radius 3 is 2.35 bits per heavy atom. The first-order valence-electron chi connectivity index (χ1n) is 7.04. The van der Waals surface area contributed by atoms with E-state index < -0.39 is 22.1 Å². The Kier molecular flexibility index (Phi) is 5.71. The molecule has 116 valence electrons.